The summed E-state index contributed by atoms with van der Waals surface area (Å²) in [6.07, 6.45) is 3.29. The number of hydrogen-bond acceptors (Lipinski definition) is 5. The number of carbonyl (C=O) groups excluding carboxylic acids is 1. The maximum absolute atomic E-state index is 12.1. The Labute approximate surface area is 131 Å². The Morgan fingerprint density at radius 3 is 2.68 bits per heavy atom. The van der Waals surface area contributed by atoms with Crippen LogP contribution >= 0.6 is 0 Å². The first kappa shape index (κ1) is 16.8. The molecule has 122 valence electrons. The highest BCUT2D eigenvalue weighted by molar-refractivity contribution is 7.92. The fourth-order valence-corrected chi connectivity index (χ4v) is 4.47. The molecule has 0 aliphatic heterocycles. The summed E-state index contributed by atoms with van der Waals surface area (Å²) < 4.78 is 34.4. The Morgan fingerprint density at radius 2 is 2.00 bits per heavy atom. The monoisotopic (exact) mass is 326 g/mol. The van der Waals surface area contributed by atoms with E-state index in [0.29, 0.717) is 5.75 Å². The second-order valence-corrected chi connectivity index (χ2v) is 7.94. The fraction of sp³-hybridized carbons (Fsp3) is 0.562. The highest BCUT2D eigenvalue weighted by Gasteiger charge is 2.29. The highest BCUT2D eigenvalue weighted by atomic mass is 32.2. The molecular weight excluding hydrogens is 304 g/mol. The number of sulfone groups is 1. The zero-order valence-corrected chi connectivity index (χ0v) is 13.6. The van der Waals surface area contributed by atoms with E-state index in [1.807, 2.05) is 12.1 Å². The highest BCUT2D eigenvalue weighted by Crippen LogP contribution is 2.25. The number of hydrogen-bond donors (Lipinski definition) is 0. The van der Waals surface area contributed by atoms with Gasteiger partial charge in [-0.2, -0.15) is 0 Å². The van der Waals surface area contributed by atoms with Gasteiger partial charge in [0, 0.05) is 0 Å². The largest absolute Gasteiger partial charge is 0.497 e. The molecule has 1 aromatic rings. The minimum absolute atomic E-state index is 0.0806. The summed E-state index contributed by atoms with van der Waals surface area (Å²) in [5.41, 5.74) is 0.811. The molecule has 0 radical (unpaired) electrons. The number of esters is 1. The van der Waals surface area contributed by atoms with Crippen molar-refractivity contribution in [1.29, 1.82) is 0 Å². The molecule has 1 saturated carbocycles. The molecule has 1 aliphatic rings. The zero-order chi connectivity index (χ0) is 16.0. The Kier molecular flexibility index (Phi) is 5.83. The molecule has 2 rings (SSSR count). The van der Waals surface area contributed by atoms with Crippen LogP contribution in [0.1, 0.15) is 37.7 Å². The molecule has 1 aromatic carbocycles. The SMILES string of the molecule is COc1cccc(COC(=O)CCS(=O)(=O)C2CCCC2)c1. The van der Waals surface area contributed by atoms with Gasteiger partial charge in [-0.1, -0.05) is 25.0 Å². The van der Waals surface area contributed by atoms with Crippen molar-refractivity contribution in [3.8, 4) is 5.75 Å². The van der Waals surface area contributed by atoms with E-state index >= 15 is 0 Å². The van der Waals surface area contributed by atoms with Crippen LogP contribution in [0.15, 0.2) is 24.3 Å². The van der Waals surface area contributed by atoms with Gasteiger partial charge in [0.1, 0.15) is 12.4 Å². The molecule has 0 atom stereocenters. The summed E-state index contributed by atoms with van der Waals surface area (Å²) >= 11 is 0. The van der Waals surface area contributed by atoms with Crippen LogP contribution in [0.2, 0.25) is 0 Å². The van der Waals surface area contributed by atoms with Gasteiger partial charge in [-0.25, -0.2) is 8.42 Å². The molecule has 0 N–H and O–H groups in total. The summed E-state index contributed by atoms with van der Waals surface area (Å²) in [6, 6.07) is 7.22. The first-order valence-electron chi connectivity index (χ1n) is 7.51. The number of ether oxygens (including phenoxy) is 2. The van der Waals surface area contributed by atoms with Crippen molar-refractivity contribution in [1.82, 2.24) is 0 Å². The van der Waals surface area contributed by atoms with E-state index in [-0.39, 0.29) is 24.0 Å². The lowest BCUT2D eigenvalue weighted by molar-refractivity contribution is -0.144. The average Bonchev–Trinajstić information content (AvgIpc) is 3.06. The molecule has 1 fully saturated rings. The lowest BCUT2D eigenvalue weighted by atomic mass is 10.2. The molecule has 0 unspecified atom stereocenters. The molecule has 0 bridgehead atoms. The minimum Gasteiger partial charge on any atom is -0.497 e. The van der Waals surface area contributed by atoms with E-state index < -0.39 is 15.8 Å². The molecule has 0 spiro atoms. The molecule has 5 nitrogen and oxygen atoms in total. The standard InChI is InChI=1S/C16H22O5S/c1-20-14-6-4-5-13(11-14)12-21-16(17)9-10-22(18,19)15-7-2-3-8-15/h4-6,11,15H,2-3,7-10,12H2,1H3. The summed E-state index contributed by atoms with van der Waals surface area (Å²) in [5.74, 6) is 0.0935. The van der Waals surface area contributed by atoms with Gasteiger partial charge < -0.3 is 9.47 Å². The summed E-state index contributed by atoms with van der Waals surface area (Å²) in [4.78, 5) is 11.7. The van der Waals surface area contributed by atoms with Crippen molar-refractivity contribution in [2.45, 2.75) is 44.0 Å². The van der Waals surface area contributed by atoms with E-state index in [9.17, 15) is 13.2 Å². The molecular formula is C16H22O5S. The second kappa shape index (κ2) is 7.63. The van der Waals surface area contributed by atoms with Gasteiger partial charge in [0.15, 0.2) is 9.84 Å². The van der Waals surface area contributed by atoms with Gasteiger partial charge in [0.05, 0.1) is 24.5 Å². The van der Waals surface area contributed by atoms with Crippen molar-refractivity contribution in [3.05, 3.63) is 29.8 Å². The summed E-state index contributed by atoms with van der Waals surface area (Å²) in [6.45, 7) is 0.125. The van der Waals surface area contributed by atoms with Crippen molar-refractivity contribution in [3.63, 3.8) is 0 Å². The van der Waals surface area contributed by atoms with Crippen LogP contribution in [-0.2, 0) is 26.0 Å². The fourth-order valence-electron chi connectivity index (χ4n) is 2.64. The Hall–Kier alpha value is -1.56. The Balaban J connectivity index is 1.78. The molecule has 22 heavy (non-hydrogen) atoms. The van der Waals surface area contributed by atoms with Crippen LogP contribution < -0.4 is 4.74 Å². The van der Waals surface area contributed by atoms with Crippen LogP contribution in [0, 0.1) is 0 Å². The third kappa shape index (κ3) is 4.73. The average molecular weight is 326 g/mol. The van der Waals surface area contributed by atoms with Gasteiger partial charge >= 0.3 is 5.97 Å². The van der Waals surface area contributed by atoms with E-state index in [0.717, 1.165) is 31.2 Å². The van der Waals surface area contributed by atoms with Crippen molar-refractivity contribution in [2.75, 3.05) is 12.9 Å². The van der Waals surface area contributed by atoms with E-state index in [1.165, 1.54) is 0 Å². The molecule has 0 aromatic heterocycles. The number of benzene rings is 1. The zero-order valence-electron chi connectivity index (χ0n) is 12.8. The third-order valence-corrected chi connectivity index (χ3v) is 6.20. The van der Waals surface area contributed by atoms with Gasteiger partial charge in [-0.3, -0.25) is 4.79 Å². The minimum atomic E-state index is -3.17. The third-order valence-electron chi connectivity index (χ3n) is 3.93. The van der Waals surface area contributed by atoms with Gasteiger partial charge in [-0.05, 0) is 30.5 Å². The van der Waals surface area contributed by atoms with Crippen molar-refractivity contribution < 1.29 is 22.7 Å². The maximum atomic E-state index is 12.1. The Morgan fingerprint density at radius 1 is 1.27 bits per heavy atom. The quantitative estimate of drug-likeness (QED) is 0.720. The van der Waals surface area contributed by atoms with Crippen LogP contribution in [-0.4, -0.2) is 32.5 Å². The topological polar surface area (TPSA) is 69.7 Å². The second-order valence-electron chi connectivity index (χ2n) is 5.54. The molecule has 1 aliphatic carbocycles. The molecule has 0 heterocycles. The normalized spacial score (nSPS) is 15.7. The van der Waals surface area contributed by atoms with Crippen LogP contribution in [0.25, 0.3) is 0 Å². The van der Waals surface area contributed by atoms with Gasteiger partial charge in [0.25, 0.3) is 0 Å². The van der Waals surface area contributed by atoms with Crippen LogP contribution in [0.4, 0.5) is 0 Å². The lowest BCUT2D eigenvalue weighted by Gasteiger charge is -2.11. The van der Waals surface area contributed by atoms with Gasteiger partial charge in [-0.15, -0.1) is 0 Å². The van der Waals surface area contributed by atoms with Crippen molar-refractivity contribution >= 4 is 15.8 Å². The van der Waals surface area contributed by atoms with Crippen molar-refractivity contribution in [2.24, 2.45) is 0 Å². The van der Waals surface area contributed by atoms with Crippen LogP contribution in [0.5, 0.6) is 5.75 Å². The smallest absolute Gasteiger partial charge is 0.307 e. The van der Waals surface area contributed by atoms with Gasteiger partial charge in [0.2, 0.25) is 0 Å². The molecule has 0 saturated heterocycles. The predicted molar refractivity (Wildman–Crippen MR) is 83.4 cm³/mol. The first-order valence-corrected chi connectivity index (χ1v) is 9.23. The number of carbonyl (C=O) groups is 1. The van der Waals surface area contributed by atoms with Crippen LogP contribution in [0.3, 0.4) is 0 Å². The van der Waals surface area contributed by atoms with E-state index in [1.54, 1.807) is 19.2 Å². The summed E-state index contributed by atoms with van der Waals surface area (Å²) in [5, 5.41) is -0.265. The maximum Gasteiger partial charge on any atom is 0.307 e. The number of rotatable bonds is 7. The number of methoxy groups -OCH3 is 1. The Bertz CT molecular complexity index is 603. The lowest BCUT2D eigenvalue weighted by Crippen LogP contribution is -2.23. The molecule has 0 amide bonds. The van der Waals surface area contributed by atoms with E-state index in [2.05, 4.69) is 0 Å². The predicted octanol–water partition coefficient (Wildman–Crippen LogP) is 2.49. The first-order chi connectivity index (χ1) is 10.5. The summed E-state index contributed by atoms with van der Waals surface area (Å²) in [7, 11) is -1.60. The van der Waals surface area contributed by atoms with E-state index in [4.69, 9.17) is 9.47 Å². The molecule has 6 heteroatoms.